The van der Waals surface area contributed by atoms with Gasteiger partial charge in [-0.05, 0) is 81.1 Å². The summed E-state index contributed by atoms with van der Waals surface area (Å²) >= 11 is 1.58. The molecule has 4 fully saturated rings. The first kappa shape index (κ1) is 25.3. The maximum Gasteiger partial charge on any atom is 0.312 e. The van der Waals surface area contributed by atoms with E-state index in [0.717, 1.165) is 38.8 Å². The molecule has 1 atom stereocenters. The third kappa shape index (κ3) is 5.15. The fourth-order valence-corrected chi connectivity index (χ4v) is 8.68. The van der Waals surface area contributed by atoms with Crippen molar-refractivity contribution in [1.29, 1.82) is 0 Å². The molecule has 198 valence electrons. The minimum atomic E-state index is -0.430. The van der Waals surface area contributed by atoms with Crippen molar-refractivity contribution in [3.05, 3.63) is 65.9 Å². The Balaban J connectivity index is 1.10. The molecule has 1 heterocycles. The van der Waals surface area contributed by atoms with Gasteiger partial charge in [-0.3, -0.25) is 9.59 Å². The summed E-state index contributed by atoms with van der Waals surface area (Å²) in [6, 6.07) is 18.4. The first-order valence-corrected chi connectivity index (χ1v) is 14.8. The third-order valence-corrected chi connectivity index (χ3v) is 10.3. The molecular weight excluding hydrogens is 492 g/mol. The van der Waals surface area contributed by atoms with Crippen molar-refractivity contribution in [3.8, 4) is 21.0 Å². The van der Waals surface area contributed by atoms with Crippen molar-refractivity contribution >= 4 is 23.2 Å². The standard InChI is InChI=1S/C32H36N2O3S/c1-20-8-10-25(11-9-20)30-27(34-31(38-30)26-6-4-3-5-7-26)15-29(36)37-19-28(35)33-21(2)32-16-22-12-23(17-32)14-24(13-22)18-32/h3-11,21-24H,12-19H2,1-2H3,(H,33,35)/t21-,22?,23?,24?,32?/m0/s1. The highest BCUT2D eigenvalue weighted by atomic mass is 32.1. The van der Waals surface area contributed by atoms with Gasteiger partial charge in [0.15, 0.2) is 6.61 Å². The van der Waals surface area contributed by atoms with Crippen LogP contribution in [0, 0.1) is 30.1 Å². The van der Waals surface area contributed by atoms with Crippen LogP contribution in [0.3, 0.4) is 0 Å². The number of nitrogens with one attached hydrogen (secondary N) is 1. The first-order chi connectivity index (χ1) is 18.4. The quantitative estimate of drug-likeness (QED) is 0.335. The second kappa shape index (κ2) is 10.3. The van der Waals surface area contributed by atoms with Crippen molar-refractivity contribution in [2.24, 2.45) is 23.2 Å². The highest BCUT2D eigenvalue weighted by Gasteiger charge is 2.53. The average molecular weight is 529 g/mol. The molecule has 1 aromatic heterocycles. The van der Waals surface area contributed by atoms with Crippen molar-refractivity contribution in [2.75, 3.05) is 6.61 Å². The topological polar surface area (TPSA) is 68.3 Å². The molecule has 1 amide bonds. The zero-order chi connectivity index (χ0) is 26.3. The molecule has 7 rings (SSSR count). The number of nitrogens with zero attached hydrogens (tertiary/aromatic N) is 1. The van der Waals surface area contributed by atoms with Gasteiger partial charge < -0.3 is 10.1 Å². The number of thiazole rings is 1. The van der Waals surface area contributed by atoms with E-state index in [4.69, 9.17) is 9.72 Å². The minimum Gasteiger partial charge on any atom is -0.455 e. The van der Waals surface area contributed by atoms with Gasteiger partial charge in [0.2, 0.25) is 0 Å². The lowest BCUT2D eigenvalue weighted by molar-refractivity contribution is -0.149. The van der Waals surface area contributed by atoms with E-state index in [9.17, 15) is 9.59 Å². The first-order valence-electron chi connectivity index (χ1n) is 13.9. The number of carbonyl (C=O) groups excluding carboxylic acids is 2. The Morgan fingerprint density at radius 1 is 0.974 bits per heavy atom. The van der Waals surface area contributed by atoms with Crippen LogP contribution < -0.4 is 5.32 Å². The largest absolute Gasteiger partial charge is 0.455 e. The molecule has 0 radical (unpaired) electrons. The number of amides is 1. The number of aromatic nitrogens is 1. The van der Waals surface area contributed by atoms with Gasteiger partial charge in [-0.25, -0.2) is 4.98 Å². The average Bonchev–Trinajstić information content (AvgIpc) is 3.31. The maximum absolute atomic E-state index is 12.9. The number of benzene rings is 2. The molecule has 4 saturated carbocycles. The van der Waals surface area contributed by atoms with Gasteiger partial charge in [0.1, 0.15) is 5.01 Å². The van der Waals surface area contributed by atoms with Crippen molar-refractivity contribution in [1.82, 2.24) is 10.3 Å². The molecule has 4 aliphatic rings. The number of aryl methyl sites for hydroxylation is 1. The lowest BCUT2D eigenvalue weighted by Gasteiger charge is -2.59. The lowest BCUT2D eigenvalue weighted by Crippen LogP contribution is -2.56. The Hall–Kier alpha value is -2.99. The highest BCUT2D eigenvalue weighted by Crippen LogP contribution is 2.61. The fourth-order valence-electron chi connectivity index (χ4n) is 7.58. The summed E-state index contributed by atoms with van der Waals surface area (Å²) in [6.45, 7) is 3.96. The van der Waals surface area contributed by atoms with E-state index < -0.39 is 5.97 Å². The van der Waals surface area contributed by atoms with Crippen molar-refractivity contribution in [2.45, 2.75) is 64.8 Å². The molecule has 0 spiro atoms. The van der Waals surface area contributed by atoms with E-state index in [2.05, 4.69) is 43.4 Å². The summed E-state index contributed by atoms with van der Waals surface area (Å²) in [6.07, 6.45) is 7.87. The van der Waals surface area contributed by atoms with Crippen LogP contribution in [0.15, 0.2) is 54.6 Å². The van der Waals surface area contributed by atoms with Gasteiger partial charge in [0.25, 0.3) is 5.91 Å². The van der Waals surface area contributed by atoms with E-state index >= 15 is 0 Å². The molecular formula is C32H36N2O3S. The van der Waals surface area contributed by atoms with E-state index in [1.54, 1.807) is 11.3 Å². The predicted octanol–water partition coefficient (Wildman–Crippen LogP) is 6.59. The van der Waals surface area contributed by atoms with Crippen molar-refractivity contribution in [3.63, 3.8) is 0 Å². The molecule has 38 heavy (non-hydrogen) atoms. The van der Waals surface area contributed by atoms with E-state index in [0.29, 0.717) is 5.69 Å². The SMILES string of the molecule is Cc1ccc(-c2sc(-c3ccccc3)nc2CC(=O)OCC(=O)N[C@@H](C)C23CC4CC(CC(C4)C2)C3)cc1. The minimum absolute atomic E-state index is 0.0321. The normalized spacial score (nSPS) is 26.2. The summed E-state index contributed by atoms with van der Waals surface area (Å²) < 4.78 is 5.47. The Morgan fingerprint density at radius 2 is 1.61 bits per heavy atom. The molecule has 5 nitrogen and oxygen atoms in total. The lowest BCUT2D eigenvalue weighted by atomic mass is 9.48. The molecule has 0 saturated heterocycles. The number of rotatable bonds is 8. The number of ether oxygens (including phenoxy) is 1. The Morgan fingerprint density at radius 3 is 2.24 bits per heavy atom. The van der Waals surface area contributed by atoms with Gasteiger partial charge in [-0.1, -0.05) is 60.2 Å². The van der Waals surface area contributed by atoms with Crippen molar-refractivity contribution < 1.29 is 14.3 Å². The van der Waals surface area contributed by atoms with Crippen LogP contribution in [0.2, 0.25) is 0 Å². The van der Waals surface area contributed by atoms with E-state index in [-0.39, 0.29) is 30.4 Å². The Kier molecular flexibility index (Phi) is 6.85. The number of carbonyl (C=O) groups is 2. The smallest absolute Gasteiger partial charge is 0.312 e. The predicted molar refractivity (Wildman–Crippen MR) is 151 cm³/mol. The molecule has 0 unspecified atom stereocenters. The number of hydrogen-bond donors (Lipinski definition) is 1. The fraction of sp³-hybridized carbons (Fsp3) is 0.469. The number of hydrogen-bond acceptors (Lipinski definition) is 5. The second-order valence-corrected chi connectivity index (χ2v) is 12.9. The second-order valence-electron chi connectivity index (χ2n) is 11.9. The van der Waals surface area contributed by atoms with Crippen LogP contribution in [-0.4, -0.2) is 29.5 Å². The zero-order valence-corrected chi connectivity index (χ0v) is 23.1. The molecule has 2 aromatic carbocycles. The van der Waals surface area contributed by atoms with Gasteiger partial charge >= 0.3 is 5.97 Å². The molecule has 0 aliphatic heterocycles. The monoisotopic (exact) mass is 528 g/mol. The van der Waals surface area contributed by atoms with E-state index in [1.807, 2.05) is 30.3 Å². The summed E-state index contributed by atoms with van der Waals surface area (Å²) in [7, 11) is 0. The summed E-state index contributed by atoms with van der Waals surface area (Å²) in [5.74, 6) is 1.87. The maximum atomic E-state index is 12.9. The highest BCUT2D eigenvalue weighted by molar-refractivity contribution is 7.18. The summed E-state index contributed by atoms with van der Waals surface area (Å²) in [4.78, 5) is 31.5. The van der Waals surface area contributed by atoms with Crippen LogP contribution in [0.4, 0.5) is 0 Å². The molecule has 4 aliphatic carbocycles. The summed E-state index contributed by atoms with van der Waals surface area (Å²) in [5.41, 5.74) is 4.14. The van der Waals surface area contributed by atoms with Gasteiger partial charge in [0, 0.05) is 11.6 Å². The Labute approximate surface area is 229 Å². The number of esters is 1. The van der Waals surface area contributed by atoms with Crippen LogP contribution in [-0.2, 0) is 20.7 Å². The van der Waals surface area contributed by atoms with E-state index in [1.165, 1.54) is 44.1 Å². The zero-order valence-electron chi connectivity index (χ0n) is 22.2. The van der Waals surface area contributed by atoms with Crippen LogP contribution in [0.5, 0.6) is 0 Å². The summed E-state index contributed by atoms with van der Waals surface area (Å²) in [5, 5.41) is 4.06. The molecule has 6 heteroatoms. The third-order valence-electron chi connectivity index (χ3n) is 9.09. The molecule has 1 N–H and O–H groups in total. The van der Waals surface area contributed by atoms with Gasteiger partial charge in [-0.15, -0.1) is 11.3 Å². The van der Waals surface area contributed by atoms with Crippen LogP contribution >= 0.6 is 11.3 Å². The molecule has 3 aromatic rings. The Bertz CT molecular complexity index is 1280. The van der Waals surface area contributed by atoms with Gasteiger partial charge in [0.05, 0.1) is 17.0 Å². The van der Waals surface area contributed by atoms with Crippen LogP contribution in [0.25, 0.3) is 21.0 Å². The molecule has 4 bridgehead atoms. The van der Waals surface area contributed by atoms with Gasteiger partial charge in [-0.2, -0.15) is 0 Å². The van der Waals surface area contributed by atoms with Crippen LogP contribution in [0.1, 0.15) is 56.7 Å².